The van der Waals surface area contributed by atoms with Crippen molar-refractivity contribution in [3.63, 3.8) is 0 Å². The Kier molecular flexibility index (Phi) is 24.4. The van der Waals surface area contributed by atoms with Crippen LogP contribution in [0.4, 0.5) is 0 Å². The van der Waals surface area contributed by atoms with E-state index in [1.807, 2.05) is 6.92 Å². The van der Waals surface area contributed by atoms with Crippen molar-refractivity contribution in [2.24, 2.45) is 0 Å². The van der Waals surface area contributed by atoms with Crippen molar-refractivity contribution in [1.29, 1.82) is 0 Å². The van der Waals surface area contributed by atoms with Gasteiger partial charge in [-0.15, -0.1) is 0 Å². The van der Waals surface area contributed by atoms with Gasteiger partial charge >= 0.3 is 17.9 Å². The number of amides is 7. The van der Waals surface area contributed by atoms with Crippen molar-refractivity contribution < 1.29 is 76.2 Å². The summed E-state index contributed by atoms with van der Waals surface area (Å²) >= 11 is 0. The molecule has 1 aromatic heterocycles. The van der Waals surface area contributed by atoms with Crippen LogP contribution < -0.4 is 42.5 Å². The Bertz CT molecular complexity index is 2860. The lowest BCUT2D eigenvalue weighted by Crippen LogP contribution is -2.59. The van der Waals surface area contributed by atoms with E-state index in [1.165, 1.54) is 19.2 Å². The fourth-order valence-electron chi connectivity index (χ4n) is 8.16. The van der Waals surface area contributed by atoms with Crippen LogP contribution in [0.2, 0.25) is 0 Å². The number of unbranched alkanes of at least 4 members (excludes halogenated alkanes) is 2. The molecule has 0 radical (unpaired) electrons. The lowest BCUT2D eigenvalue weighted by atomic mass is 10.0. The number of H-pyrrole nitrogens is 1. The Morgan fingerprint density at radius 3 is 1.55 bits per heavy atom. The molecule has 7 atom stereocenters. The molecule has 1 heterocycles. The summed E-state index contributed by atoms with van der Waals surface area (Å²) in [5.74, 6) is -11.0. The number of aromatic nitrogens is 1. The monoisotopic (exact) mass is 1110 g/mol. The number of carboxylic acid groups (broad SMARTS) is 3. The summed E-state index contributed by atoms with van der Waals surface area (Å²) in [5.41, 5.74) is 2.28. The van der Waals surface area contributed by atoms with E-state index in [9.17, 15) is 76.2 Å². The standard InChI is InChI=1S/C52H67N9O16S/c1-4-6-16-36(47(68)58-39(50(71)61-42(52(73)74)27-45(65)66)24-31-19-21-33(22-20-31)78(75,76)77)56-43(62)29-55-46(67)40(25-32-28-54-35-18-12-11-15-34(32)35)59-48(69)37(17-7-5-2)57-51(72)41(26-44(63)64)60-49(70)38(53-3)23-30-13-9-8-10-14-30/h8-15,18-22,28,36-42,53-54H,4-7,16-17,23-27,29H2,1-3H3,(H,55,67)(H,56,62)(H,57,72)(H,58,68)(H,59,69)(H,60,70)(H,61,71)(H,63,64)(H,65,66)(H,73,74)(H,75,76,77)/t36-,37-,38-,39-,40-,41-,42-/m0/s1. The normalized spacial score (nSPS) is 13.9. The van der Waals surface area contributed by atoms with Crippen molar-refractivity contribution in [2.45, 2.75) is 132 Å². The van der Waals surface area contributed by atoms with Gasteiger partial charge in [0.25, 0.3) is 10.1 Å². The van der Waals surface area contributed by atoms with E-state index in [0.29, 0.717) is 42.1 Å². The maximum atomic E-state index is 14.3. The third-order valence-corrected chi connectivity index (χ3v) is 13.2. The number of rotatable bonds is 33. The molecule has 26 heteroatoms. The number of aliphatic carboxylic acids is 3. The maximum Gasteiger partial charge on any atom is 0.326 e. The molecular weight excluding hydrogens is 1040 g/mol. The van der Waals surface area contributed by atoms with Gasteiger partial charge in [0.1, 0.15) is 36.3 Å². The smallest absolute Gasteiger partial charge is 0.326 e. The van der Waals surface area contributed by atoms with Crippen LogP contribution in [0.15, 0.2) is 90.0 Å². The van der Waals surface area contributed by atoms with Gasteiger partial charge in [-0.1, -0.05) is 100 Å². The van der Waals surface area contributed by atoms with Gasteiger partial charge in [0, 0.05) is 29.9 Å². The van der Waals surface area contributed by atoms with E-state index in [-0.39, 0.29) is 31.2 Å². The fraction of sp³-hybridized carbons (Fsp3) is 0.423. The third-order valence-electron chi connectivity index (χ3n) is 12.4. The Balaban J connectivity index is 1.55. The molecular formula is C52H67N9O16S. The number of para-hydroxylation sites is 1. The summed E-state index contributed by atoms with van der Waals surface area (Å²) < 4.78 is 32.7. The molecule has 0 aliphatic heterocycles. The molecule has 0 aliphatic carbocycles. The molecule has 0 saturated heterocycles. The average Bonchev–Trinajstić information content (AvgIpc) is 3.81. The molecule has 422 valence electrons. The largest absolute Gasteiger partial charge is 0.481 e. The zero-order valence-electron chi connectivity index (χ0n) is 43.2. The van der Waals surface area contributed by atoms with Gasteiger partial charge in [0.15, 0.2) is 0 Å². The summed E-state index contributed by atoms with van der Waals surface area (Å²) in [7, 11) is -3.09. The van der Waals surface area contributed by atoms with Crippen LogP contribution in [0.25, 0.3) is 10.9 Å². The van der Waals surface area contributed by atoms with E-state index in [2.05, 4.69) is 47.5 Å². The quantitative estimate of drug-likeness (QED) is 0.0288. The van der Waals surface area contributed by atoms with Crippen LogP contribution >= 0.6 is 0 Å². The molecule has 3 aromatic carbocycles. The summed E-state index contributed by atoms with van der Waals surface area (Å²) in [5, 5.41) is 49.4. The Morgan fingerprint density at radius 1 is 0.526 bits per heavy atom. The number of nitrogens with one attached hydrogen (secondary N) is 9. The fourth-order valence-corrected chi connectivity index (χ4v) is 8.64. The van der Waals surface area contributed by atoms with E-state index in [4.69, 9.17) is 0 Å². The molecule has 0 unspecified atom stereocenters. The molecule has 0 spiro atoms. The van der Waals surface area contributed by atoms with Gasteiger partial charge in [0.05, 0.1) is 30.3 Å². The number of fused-ring (bicyclic) bond motifs is 1. The molecule has 25 nitrogen and oxygen atoms in total. The number of benzene rings is 3. The van der Waals surface area contributed by atoms with Crippen LogP contribution in [-0.4, -0.2) is 148 Å². The second-order valence-corrected chi connectivity index (χ2v) is 19.8. The molecule has 7 amide bonds. The van der Waals surface area contributed by atoms with Crippen molar-refractivity contribution in [3.05, 3.63) is 102 Å². The van der Waals surface area contributed by atoms with Crippen LogP contribution in [-0.2, 0) is 77.3 Å². The first-order valence-corrected chi connectivity index (χ1v) is 26.5. The number of carboxylic acids is 3. The van der Waals surface area contributed by atoms with Gasteiger partial charge < -0.3 is 62.8 Å². The number of aromatic amines is 1. The first-order valence-electron chi connectivity index (χ1n) is 25.1. The summed E-state index contributed by atoms with van der Waals surface area (Å²) in [6, 6.07) is 10.3. The van der Waals surface area contributed by atoms with Crippen molar-refractivity contribution >= 4 is 80.3 Å². The molecule has 78 heavy (non-hydrogen) atoms. The highest BCUT2D eigenvalue weighted by Crippen LogP contribution is 2.20. The molecule has 0 bridgehead atoms. The number of hydrogen-bond acceptors (Lipinski definition) is 13. The van der Waals surface area contributed by atoms with E-state index in [1.54, 1.807) is 67.7 Å². The molecule has 4 rings (SSSR count). The van der Waals surface area contributed by atoms with Crippen LogP contribution in [0.1, 0.15) is 81.9 Å². The van der Waals surface area contributed by atoms with Crippen LogP contribution in [0, 0.1) is 0 Å². The highest BCUT2D eigenvalue weighted by Gasteiger charge is 2.34. The minimum atomic E-state index is -4.62. The van der Waals surface area contributed by atoms with Crippen molar-refractivity contribution in [1.82, 2.24) is 47.5 Å². The van der Waals surface area contributed by atoms with E-state index >= 15 is 0 Å². The third kappa shape index (κ3) is 20.0. The highest BCUT2D eigenvalue weighted by molar-refractivity contribution is 7.85. The van der Waals surface area contributed by atoms with Crippen molar-refractivity contribution in [3.8, 4) is 0 Å². The zero-order chi connectivity index (χ0) is 57.5. The Morgan fingerprint density at radius 2 is 0.987 bits per heavy atom. The first kappa shape index (κ1) is 62.3. The van der Waals surface area contributed by atoms with Gasteiger partial charge in [0.2, 0.25) is 41.4 Å². The van der Waals surface area contributed by atoms with Crippen LogP contribution in [0.3, 0.4) is 0 Å². The van der Waals surface area contributed by atoms with Gasteiger partial charge in [-0.2, -0.15) is 8.42 Å². The summed E-state index contributed by atoms with van der Waals surface area (Å²) in [6.07, 6.45) is 1.25. The molecule has 0 fully saturated rings. The second kappa shape index (κ2) is 30.5. The SMILES string of the molecule is CCCC[C@H](NC(=O)CNC(=O)[C@H](Cc1c[nH]c2ccccc12)NC(=O)[C@H](CCCC)NC(=O)[C@H](CC(=O)O)NC(=O)[C@H](Cc1ccccc1)NC)C(=O)N[C@@H](Cc1ccc(S(=O)(=O)O)cc1)C(=O)N[C@@H](CC(=O)O)C(=O)O. The second-order valence-electron chi connectivity index (χ2n) is 18.4. The average molecular weight is 1110 g/mol. The first-order chi connectivity index (χ1) is 37.0. The van der Waals surface area contributed by atoms with Gasteiger partial charge in [-0.05, 0) is 61.2 Å². The number of carbonyl (C=O) groups is 10. The lowest BCUT2D eigenvalue weighted by molar-refractivity contribution is -0.147. The van der Waals surface area contributed by atoms with Gasteiger partial charge in [-0.25, -0.2) is 4.79 Å². The topological polar surface area (TPSA) is 398 Å². The molecule has 4 aromatic rings. The molecule has 0 aliphatic rings. The van der Waals surface area contributed by atoms with E-state index < -0.39 is 142 Å². The summed E-state index contributed by atoms with van der Waals surface area (Å²) in [6.45, 7) is 2.86. The molecule has 13 N–H and O–H groups in total. The van der Waals surface area contributed by atoms with Crippen molar-refractivity contribution in [2.75, 3.05) is 13.6 Å². The Hall–Kier alpha value is -8.23. The number of carbonyl (C=O) groups excluding carboxylic acids is 7. The Labute approximate surface area is 449 Å². The predicted octanol–water partition coefficient (Wildman–Crippen LogP) is 0.470. The van der Waals surface area contributed by atoms with Gasteiger partial charge in [-0.3, -0.25) is 47.7 Å². The zero-order valence-corrected chi connectivity index (χ0v) is 44.0. The molecule has 0 saturated carbocycles. The lowest BCUT2D eigenvalue weighted by Gasteiger charge is -2.26. The minimum absolute atomic E-state index is 0.0128. The van der Waals surface area contributed by atoms with E-state index in [0.717, 1.165) is 17.7 Å². The maximum absolute atomic E-state index is 14.3. The number of hydrogen-bond donors (Lipinski definition) is 13. The number of likely N-dealkylation sites (N-methyl/N-ethyl adjacent to an activating group) is 1. The minimum Gasteiger partial charge on any atom is -0.481 e. The highest BCUT2D eigenvalue weighted by atomic mass is 32.2. The van der Waals surface area contributed by atoms with Crippen LogP contribution in [0.5, 0.6) is 0 Å². The predicted molar refractivity (Wildman–Crippen MR) is 281 cm³/mol. The summed E-state index contributed by atoms with van der Waals surface area (Å²) in [4.78, 5) is 135.